The van der Waals surface area contributed by atoms with Crippen LogP contribution in [0.15, 0.2) is 48.5 Å². The van der Waals surface area contributed by atoms with E-state index in [1.165, 1.54) is 0 Å². The lowest BCUT2D eigenvalue weighted by Gasteiger charge is -2.55. The molecule has 2 aromatic carbocycles. The molecule has 7 rings (SSSR count). The van der Waals surface area contributed by atoms with Crippen molar-refractivity contribution in [1.82, 2.24) is 4.90 Å². The maximum Gasteiger partial charge on any atom is 0.326 e. The summed E-state index contributed by atoms with van der Waals surface area (Å²) in [6.45, 7) is 6.16. The maximum absolute atomic E-state index is 14.0. The van der Waals surface area contributed by atoms with E-state index in [0.29, 0.717) is 17.8 Å². The van der Waals surface area contributed by atoms with Gasteiger partial charge in [-0.1, -0.05) is 108 Å². The molecule has 0 spiro atoms. The Morgan fingerprint density at radius 1 is 0.919 bits per heavy atom. The first-order valence-electron chi connectivity index (χ1n) is 13.2. The van der Waals surface area contributed by atoms with Crippen LogP contribution >= 0.6 is 31.9 Å². The molecule has 0 N–H and O–H groups in total. The number of ether oxygens (including phenoxy) is 1. The van der Waals surface area contributed by atoms with Crippen molar-refractivity contribution in [3.05, 3.63) is 70.8 Å². The van der Waals surface area contributed by atoms with Gasteiger partial charge in [0, 0.05) is 0 Å². The Kier molecular flexibility index (Phi) is 6.00. The van der Waals surface area contributed by atoms with Crippen molar-refractivity contribution in [2.75, 3.05) is 6.54 Å². The summed E-state index contributed by atoms with van der Waals surface area (Å²) in [6.07, 6.45) is 2.80. The van der Waals surface area contributed by atoms with Gasteiger partial charge in [-0.25, -0.2) is 0 Å². The predicted molar refractivity (Wildman–Crippen MR) is 147 cm³/mol. The highest BCUT2D eigenvalue weighted by Crippen LogP contribution is 2.70. The van der Waals surface area contributed by atoms with Gasteiger partial charge < -0.3 is 4.74 Å². The van der Waals surface area contributed by atoms with Crippen molar-refractivity contribution < 1.29 is 19.1 Å². The topological polar surface area (TPSA) is 63.7 Å². The minimum atomic E-state index is -0.854. The first-order valence-corrected chi connectivity index (χ1v) is 14.8. The van der Waals surface area contributed by atoms with Crippen molar-refractivity contribution in [2.45, 2.75) is 54.8 Å². The van der Waals surface area contributed by atoms with E-state index >= 15 is 0 Å². The molecule has 4 aliphatic carbocycles. The molecule has 1 saturated heterocycles. The standard InChI is InChI=1S/C30H31Br2NO4/c1-16(2)18-13-12-17(3)14-23(18)37-24(34)15-33-27(35)25-26(28(33)36)30(32)20-9-5-4-8-19(20)29(25,31)21-10-6-7-11-22(21)30/h4-11,16-18,23,25-26H,12-15H2,1-3H3/t17-,18-,23-,25-,26+,29?,30?/m1/s1. The van der Waals surface area contributed by atoms with E-state index < -0.39 is 26.5 Å². The number of likely N-dealkylation sites (tertiary alicyclic amines) is 1. The predicted octanol–water partition coefficient (Wildman–Crippen LogP) is 5.90. The van der Waals surface area contributed by atoms with Crippen LogP contribution in [0.4, 0.5) is 0 Å². The molecule has 7 heteroatoms. The quantitative estimate of drug-likeness (QED) is 0.240. The number of benzene rings is 2. The number of rotatable bonds is 4. The third-order valence-electron chi connectivity index (χ3n) is 9.21. The number of hydrogen-bond donors (Lipinski definition) is 0. The highest BCUT2D eigenvalue weighted by molar-refractivity contribution is 9.10. The smallest absolute Gasteiger partial charge is 0.326 e. The normalized spacial score (nSPS) is 35.8. The number of imide groups is 1. The Morgan fingerprint density at radius 2 is 1.38 bits per heavy atom. The number of halogens is 2. The number of esters is 1. The fourth-order valence-electron chi connectivity index (χ4n) is 7.47. The van der Waals surface area contributed by atoms with Gasteiger partial charge in [-0.05, 0) is 52.8 Å². The summed E-state index contributed by atoms with van der Waals surface area (Å²) in [5.74, 6) is -1.31. The van der Waals surface area contributed by atoms with Gasteiger partial charge in [0.2, 0.25) is 11.8 Å². The second-order valence-electron chi connectivity index (χ2n) is 11.6. The van der Waals surface area contributed by atoms with Crippen molar-refractivity contribution in [3.63, 3.8) is 0 Å². The Balaban J connectivity index is 1.34. The lowest BCUT2D eigenvalue weighted by atomic mass is 9.54. The zero-order chi connectivity index (χ0) is 26.3. The van der Waals surface area contributed by atoms with Crippen LogP contribution in [0.1, 0.15) is 62.3 Å². The van der Waals surface area contributed by atoms with Crippen LogP contribution < -0.4 is 0 Å². The number of amides is 2. The number of alkyl halides is 2. The van der Waals surface area contributed by atoms with Crippen molar-refractivity contribution in [3.8, 4) is 0 Å². The molecule has 1 saturated carbocycles. The Labute approximate surface area is 234 Å². The first-order chi connectivity index (χ1) is 17.6. The summed E-state index contributed by atoms with van der Waals surface area (Å²) >= 11 is 7.99. The van der Waals surface area contributed by atoms with Gasteiger partial charge >= 0.3 is 5.97 Å². The van der Waals surface area contributed by atoms with Gasteiger partial charge in [-0.15, -0.1) is 0 Å². The summed E-state index contributed by atoms with van der Waals surface area (Å²) in [4.78, 5) is 42.4. The highest BCUT2D eigenvalue weighted by Gasteiger charge is 2.72. The molecule has 0 radical (unpaired) electrons. The summed E-state index contributed by atoms with van der Waals surface area (Å²) < 4.78 is 4.27. The van der Waals surface area contributed by atoms with Crippen molar-refractivity contribution in [1.29, 1.82) is 0 Å². The molecule has 194 valence electrons. The van der Waals surface area contributed by atoms with Crippen LogP contribution in [0.3, 0.4) is 0 Å². The molecule has 2 amide bonds. The number of nitrogens with zero attached hydrogens (tertiary/aromatic N) is 1. The number of hydrogen-bond acceptors (Lipinski definition) is 4. The average Bonchev–Trinajstić information content (AvgIpc) is 3.13. The molecule has 2 bridgehead atoms. The molecule has 1 heterocycles. The van der Waals surface area contributed by atoms with Gasteiger partial charge in [0.05, 0.1) is 20.5 Å². The molecule has 0 aromatic heterocycles. The molecule has 2 aromatic rings. The summed E-state index contributed by atoms with van der Waals surface area (Å²) in [6, 6.07) is 15.9. The average molecular weight is 629 g/mol. The molecular weight excluding hydrogens is 598 g/mol. The second kappa shape index (κ2) is 8.77. The number of carbonyl (C=O) groups excluding carboxylic acids is 3. The molecule has 5 aliphatic rings. The van der Waals surface area contributed by atoms with Crippen LogP contribution in [0.25, 0.3) is 0 Å². The Bertz CT molecular complexity index is 1180. The van der Waals surface area contributed by atoms with E-state index in [9.17, 15) is 14.4 Å². The van der Waals surface area contributed by atoms with Crippen LogP contribution in [0.2, 0.25) is 0 Å². The van der Waals surface area contributed by atoms with Crippen LogP contribution in [-0.2, 0) is 27.8 Å². The molecular formula is C30H31Br2NO4. The van der Waals surface area contributed by atoms with E-state index in [0.717, 1.165) is 46.4 Å². The van der Waals surface area contributed by atoms with Crippen molar-refractivity contribution in [2.24, 2.45) is 29.6 Å². The van der Waals surface area contributed by atoms with Gasteiger partial charge in [-0.3, -0.25) is 19.3 Å². The Hall–Kier alpha value is -1.99. The van der Waals surface area contributed by atoms with Crippen LogP contribution in [0.5, 0.6) is 0 Å². The lowest BCUT2D eigenvalue weighted by Crippen LogP contribution is -2.56. The summed E-state index contributed by atoms with van der Waals surface area (Å²) in [5, 5.41) is 0. The monoisotopic (exact) mass is 627 g/mol. The fourth-order valence-corrected chi connectivity index (χ4v) is 9.77. The molecule has 5 nitrogen and oxygen atoms in total. The minimum Gasteiger partial charge on any atom is -0.461 e. The van der Waals surface area contributed by atoms with Gasteiger partial charge in [0.25, 0.3) is 0 Å². The van der Waals surface area contributed by atoms with Crippen LogP contribution in [-0.4, -0.2) is 35.3 Å². The highest BCUT2D eigenvalue weighted by atomic mass is 79.9. The maximum atomic E-state index is 14.0. The molecule has 5 atom stereocenters. The molecule has 2 fully saturated rings. The van der Waals surface area contributed by atoms with E-state index in [1.54, 1.807) is 0 Å². The zero-order valence-electron chi connectivity index (χ0n) is 21.2. The summed E-state index contributed by atoms with van der Waals surface area (Å²) in [7, 11) is 0. The van der Waals surface area contributed by atoms with Gasteiger partial charge in [0.1, 0.15) is 12.6 Å². The number of carbonyl (C=O) groups is 3. The second-order valence-corrected chi connectivity index (χ2v) is 14.1. The Morgan fingerprint density at radius 3 is 1.81 bits per heavy atom. The third-order valence-corrected chi connectivity index (χ3v) is 11.9. The van der Waals surface area contributed by atoms with Crippen molar-refractivity contribution >= 4 is 49.6 Å². The molecule has 1 aliphatic heterocycles. The SMILES string of the molecule is CC(C)[C@H]1CC[C@@H](C)C[C@H]1OC(=O)CN1C(=O)[C@@H]2[C@H](C1=O)C1(Br)c3ccccc3C2(Br)c2ccccc21. The third kappa shape index (κ3) is 3.42. The van der Waals surface area contributed by atoms with Gasteiger partial charge in [-0.2, -0.15) is 0 Å². The lowest BCUT2D eigenvalue weighted by molar-refractivity contribution is -0.161. The van der Waals surface area contributed by atoms with Gasteiger partial charge in [0.15, 0.2) is 0 Å². The fraction of sp³-hybridized carbons (Fsp3) is 0.500. The summed E-state index contributed by atoms with van der Waals surface area (Å²) in [5.41, 5.74) is 3.92. The minimum absolute atomic E-state index is 0.180. The van der Waals surface area contributed by atoms with E-state index in [-0.39, 0.29) is 24.5 Å². The zero-order valence-corrected chi connectivity index (χ0v) is 24.4. The van der Waals surface area contributed by atoms with E-state index in [4.69, 9.17) is 4.74 Å². The first kappa shape index (κ1) is 25.3. The van der Waals surface area contributed by atoms with E-state index in [2.05, 4.69) is 52.6 Å². The molecule has 0 unspecified atom stereocenters. The van der Waals surface area contributed by atoms with Crippen LogP contribution in [0, 0.1) is 29.6 Å². The molecule has 37 heavy (non-hydrogen) atoms. The van der Waals surface area contributed by atoms with E-state index in [1.807, 2.05) is 48.5 Å². The largest absolute Gasteiger partial charge is 0.461 e.